The van der Waals surface area contributed by atoms with E-state index >= 15 is 0 Å². The zero-order chi connectivity index (χ0) is 12.5. The zero-order valence-corrected chi connectivity index (χ0v) is 9.87. The van der Waals surface area contributed by atoms with Crippen molar-refractivity contribution in [1.82, 2.24) is 0 Å². The molecule has 0 unspecified atom stereocenters. The first-order valence-electron chi connectivity index (χ1n) is 5.49. The minimum Gasteiger partial charge on any atom is -0.505 e. The number of ether oxygens (including phenoxy) is 2. The highest BCUT2D eigenvalue weighted by molar-refractivity contribution is 5.47. The summed E-state index contributed by atoms with van der Waals surface area (Å²) in [4.78, 5) is 0. The van der Waals surface area contributed by atoms with E-state index in [9.17, 15) is 4.39 Å². The second-order valence-electron chi connectivity index (χ2n) is 4.53. The van der Waals surface area contributed by atoms with E-state index in [1.165, 1.54) is 12.1 Å². The summed E-state index contributed by atoms with van der Waals surface area (Å²) in [5.41, 5.74) is 0.595. The van der Waals surface area contributed by atoms with E-state index < -0.39 is 11.6 Å². The van der Waals surface area contributed by atoms with Gasteiger partial charge in [-0.25, -0.2) is 4.39 Å². The fraction of sp³-hybridized carbons (Fsp3) is 0.500. The number of hydrogen-bond donors (Lipinski definition) is 2. The van der Waals surface area contributed by atoms with Crippen molar-refractivity contribution < 1.29 is 19.0 Å². The van der Waals surface area contributed by atoms with E-state index in [4.69, 9.17) is 14.6 Å². The second-order valence-corrected chi connectivity index (χ2v) is 4.53. The smallest absolute Gasteiger partial charge is 0.166 e. The van der Waals surface area contributed by atoms with Gasteiger partial charge < -0.3 is 19.9 Å². The number of halogens is 1. The van der Waals surface area contributed by atoms with Crippen molar-refractivity contribution in [2.75, 3.05) is 18.5 Å². The van der Waals surface area contributed by atoms with Gasteiger partial charge in [-0.05, 0) is 26.0 Å². The summed E-state index contributed by atoms with van der Waals surface area (Å²) < 4.78 is 24.1. The number of nitrogens with one attached hydrogen (secondary N) is 1. The lowest BCUT2D eigenvalue weighted by atomic mass is 10.2. The number of aromatic hydroxyl groups is 1. The summed E-state index contributed by atoms with van der Waals surface area (Å²) in [5, 5.41) is 12.2. The lowest BCUT2D eigenvalue weighted by molar-refractivity contribution is -0.247. The zero-order valence-electron chi connectivity index (χ0n) is 9.87. The number of hydrogen-bond acceptors (Lipinski definition) is 4. The highest BCUT2D eigenvalue weighted by Gasteiger charge is 2.28. The van der Waals surface area contributed by atoms with Crippen molar-refractivity contribution in [3.8, 4) is 5.75 Å². The molecular formula is C12H16FNO3. The van der Waals surface area contributed by atoms with Gasteiger partial charge in [0.25, 0.3) is 0 Å². The largest absolute Gasteiger partial charge is 0.505 e. The van der Waals surface area contributed by atoms with Crippen LogP contribution in [0.2, 0.25) is 0 Å². The molecule has 0 aliphatic carbocycles. The van der Waals surface area contributed by atoms with Gasteiger partial charge in [-0.2, -0.15) is 0 Å². The second kappa shape index (κ2) is 4.50. The molecule has 1 saturated heterocycles. The molecule has 0 spiro atoms. The minimum absolute atomic E-state index is 0.0213. The molecular weight excluding hydrogens is 225 g/mol. The third-order valence-electron chi connectivity index (χ3n) is 2.58. The summed E-state index contributed by atoms with van der Waals surface area (Å²) in [6, 6.07) is 4.14. The molecule has 1 aliphatic rings. The predicted octanol–water partition coefficient (Wildman–Crippen LogP) is 2.09. The Labute approximate surface area is 99.4 Å². The highest BCUT2D eigenvalue weighted by atomic mass is 19.1. The third-order valence-corrected chi connectivity index (χ3v) is 2.58. The van der Waals surface area contributed by atoms with Crippen molar-refractivity contribution in [3.63, 3.8) is 0 Å². The van der Waals surface area contributed by atoms with Gasteiger partial charge in [-0.15, -0.1) is 0 Å². The van der Waals surface area contributed by atoms with Crippen molar-refractivity contribution in [2.45, 2.75) is 25.7 Å². The van der Waals surface area contributed by atoms with Crippen LogP contribution in [-0.4, -0.2) is 30.1 Å². The molecule has 4 nitrogen and oxygen atoms in total. The number of phenols is 1. The van der Waals surface area contributed by atoms with Crippen LogP contribution in [0.3, 0.4) is 0 Å². The van der Waals surface area contributed by atoms with E-state index in [0.29, 0.717) is 18.9 Å². The fourth-order valence-corrected chi connectivity index (χ4v) is 1.61. The topological polar surface area (TPSA) is 50.7 Å². The van der Waals surface area contributed by atoms with Gasteiger partial charge in [0.05, 0.1) is 19.3 Å². The number of phenolic OH excluding ortho intramolecular Hbond substituents is 1. The Hall–Kier alpha value is -1.33. The van der Waals surface area contributed by atoms with E-state index in [0.717, 1.165) is 0 Å². The Morgan fingerprint density at radius 2 is 2.00 bits per heavy atom. The van der Waals surface area contributed by atoms with E-state index in [-0.39, 0.29) is 11.8 Å². The number of benzene rings is 1. The molecule has 1 aromatic carbocycles. The van der Waals surface area contributed by atoms with Crippen LogP contribution in [0.1, 0.15) is 13.8 Å². The molecule has 0 aromatic heterocycles. The first kappa shape index (κ1) is 12.1. The highest BCUT2D eigenvalue weighted by Crippen LogP contribution is 2.22. The van der Waals surface area contributed by atoms with Crippen LogP contribution in [0.5, 0.6) is 5.75 Å². The quantitative estimate of drug-likeness (QED) is 0.778. The first-order valence-corrected chi connectivity index (χ1v) is 5.49. The molecule has 0 amide bonds. The van der Waals surface area contributed by atoms with E-state index in [1.54, 1.807) is 6.07 Å². The Morgan fingerprint density at radius 3 is 2.59 bits per heavy atom. The summed E-state index contributed by atoms with van der Waals surface area (Å²) in [6.07, 6.45) is 0. The van der Waals surface area contributed by atoms with Gasteiger partial charge in [0.2, 0.25) is 0 Å². The van der Waals surface area contributed by atoms with Crippen LogP contribution < -0.4 is 5.32 Å². The van der Waals surface area contributed by atoms with Crippen LogP contribution in [0.4, 0.5) is 10.1 Å². The number of rotatable bonds is 2. The molecule has 1 aromatic rings. The Bertz CT molecular complexity index is 399. The van der Waals surface area contributed by atoms with Crippen molar-refractivity contribution in [3.05, 3.63) is 24.0 Å². The fourth-order valence-electron chi connectivity index (χ4n) is 1.61. The summed E-state index contributed by atoms with van der Waals surface area (Å²) in [5.74, 6) is -1.56. The molecule has 1 aliphatic heterocycles. The van der Waals surface area contributed by atoms with Crippen LogP contribution in [0, 0.1) is 5.82 Å². The summed E-state index contributed by atoms with van der Waals surface area (Å²) in [6.45, 7) is 4.69. The normalized spacial score (nSPS) is 20.2. The Morgan fingerprint density at radius 1 is 1.35 bits per heavy atom. The summed E-state index contributed by atoms with van der Waals surface area (Å²) >= 11 is 0. The monoisotopic (exact) mass is 241 g/mol. The molecule has 2 rings (SSSR count). The average Bonchev–Trinajstić information content (AvgIpc) is 2.27. The van der Waals surface area contributed by atoms with Crippen LogP contribution in [0.15, 0.2) is 18.2 Å². The predicted molar refractivity (Wildman–Crippen MR) is 61.5 cm³/mol. The lowest BCUT2D eigenvalue weighted by Crippen LogP contribution is -2.45. The van der Waals surface area contributed by atoms with Gasteiger partial charge in [0.1, 0.15) is 0 Å². The van der Waals surface area contributed by atoms with Gasteiger partial charge in [-0.3, -0.25) is 0 Å². The molecule has 0 bridgehead atoms. The standard InChI is InChI=1S/C12H16FNO3/c1-12(2)16-6-9(7-17-12)14-8-3-4-11(15)10(13)5-8/h3-5,9,14-15H,6-7H2,1-2H3. The molecule has 17 heavy (non-hydrogen) atoms. The van der Waals surface area contributed by atoms with Gasteiger partial charge in [-0.1, -0.05) is 0 Å². The van der Waals surface area contributed by atoms with Crippen LogP contribution in [0.25, 0.3) is 0 Å². The minimum atomic E-state index is -0.645. The SMILES string of the molecule is CC1(C)OCC(Nc2ccc(O)c(F)c2)CO1. The van der Waals surface area contributed by atoms with E-state index in [1.807, 2.05) is 13.8 Å². The van der Waals surface area contributed by atoms with Crippen LogP contribution >= 0.6 is 0 Å². The van der Waals surface area contributed by atoms with Crippen molar-refractivity contribution in [1.29, 1.82) is 0 Å². The molecule has 2 N–H and O–H groups in total. The lowest BCUT2D eigenvalue weighted by Gasteiger charge is -2.35. The molecule has 0 saturated carbocycles. The third kappa shape index (κ3) is 3.08. The number of anilines is 1. The maximum Gasteiger partial charge on any atom is 0.166 e. The molecule has 1 heterocycles. The molecule has 94 valence electrons. The maximum atomic E-state index is 13.1. The average molecular weight is 241 g/mol. The van der Waals surface area contributed by atoms with Crippen molar-refractivity contribution in [2.24, 2.45) is 0 Å². The molecule has 0 atom stereocenters. The maximum absolute atomic E-state index is 13.1. The summed E-state index contributed by atoms with van der Waals surface area (Å²) in [7, 11) is 0. The van der Waals surface area contributed by atoms with Gasteiger partial charge in [0.15, 0.2) is 17.4 Å². The molecule has 1 fully saturated rings. The molecule has 0 radical (unpaired) electrons. The van der Waals surface area contributed by atoms with Crippen LogP contribution in [-0.2, 0) is 9.47 Å². The van der Waals surface area contributed by atoms with Gasteiger partial charge >= 0.3 is 0 Å². The van der Waals surface area contributed by atoms with Crippen molar-refractivity contribution >= 4 is 5.69 Å². The van der Waals surface area contributed by atoms with E-state index in [2.05, 4.69) is 5.32 Å². The Kier molecular flexibility index (Phi) is 3.22. The van der Waals surface area contributed by atoms with Gasteiger partial charge in [0, 0.05) is 11.8 Å². The Balaban J connectivity index is 1.95. The first-order chi connectivity index (χ1) is 7.96. The molecule has 5 heteroatoms.